The summed E-state index contributed by atoms with van der Waals surface area (Å²) in [4.78, 5) is 39.1. The smallest absolute Gasteiger partial charge is 0.350 e. The van der Waals surface area contributed by atoms with E-state index in [-0.39, 0.29) is 5.91 Å². The maximum atomic E-state index is 12.8. The van der Waals surface area contributed by atoms with E-state index in [2.05, 4.69) is 15.2 Å². The molecule has 1 amide bonds. The van der Waals surface area contributed by atoms with Crippen LogP contribution in [0.25, 0.3) is 10.2 Å². The number of esters is 1. The van der Waals surface area contributed by atoms with E-state index in [9.17, 15) is 9.59 Å². The number of amides is 1. The average molecular weight is 481 g/mol. The molecule has 4 heterocycles. The lowest BCUT2D eigenvalue weighted by Crippen LogP contribution is -2.21. The molecule has 0 unspecified atom stereocenters. The molecule has 4 aromatic heterocycles. The fourth-order valence-corrected chi connectivity index (χ4v) is 5.23. The second-order valence-corrected chi connectivity index (χ2v) is 9.91. The molecule has 4 aromatic rings. The summed E-state index contributed by atoms with van der Waals surface area (Å²) in [6.07, 6.45) is 2.65. The number of likely N-dealkylation sites (N-methyl/N-ethyl adjacent to an activating group) is 1. The van der Waals surface area contributed by atoms with Crippen LogP contribution in [0.2, 0.25) is 0 Å². The number of fused-ring (bicyclic) bond motifs is 1. The third-order valence-electron chi connectivity index (χ3n) is 5.09. The number of methoxy groups -OCH3 is 1. The number of hydrogen-bond acceptors (Lipinski definition) is 8. The molecule has 0 fully saturated rings. The molecular formula is C24H24N4O3S2. The van der Waals surface area contributed by atoms with Crippen molar-refractivity contribution in [3.63, 3.8) is 0 Å². The zero-order valence-corrected chi connectivity index (χ0v) is 20.3. The Bertz CT molecular complexity index is 1280. The first kappa shape index (κ1) is 23.0. The minimum absolute atomic E-state index is 0.253. The minimum Gasteiger partial charge on any atom is -0.465 e. The first-order valence-electron chi connectivity index (χ1n) is 10.4. The van der Waals surface area contributed by atoms with E-state index in [0.29, 0.717) is 26.8 Å². The van der Waals surface area contributed by atoms with Crippen molar-refractivity contribution >= 4 is 50.5 Å². The second kappa shape index (κ2) is 10.2. The van der Waals surface area contributed by atoms with Crippen molar-refractivity contribution in [2.75, 3.05) is 26.0 Å². The van der Waals surface area contributed by atoms with Gasteiger partial charge in [-0.15, -0.1) is 22.7 Å². The van der Waals surface area contributed by atoms with Crippen LogP contribution in [0.3, 0.4) is 0 Å². The Kier molecular flexibility index (Phi) is 7.12. The Morgan fingerprint density at radius 2 is 1.94 bits per heavy atom. The quantitative estimate of drug-likeness (QED) is 0.366. The Hall–Kier alpha value is -3.14. The zero-order valence-electron chi connectivity index (χ0n) is 18.6. The second-order valence-electron chi connectivity index (χ2n) is 7.63. The monoisotopic (exact) mass is 480 g/mol. The number of hydrogen-bond donors (Lipinski definition) is 1. The number of pyridine rings is 2. The average Bonchev–Trinajstić information content (AvgIpc) is 3.41. The van der Waals surface area contributed by atoms with Crippen molar-refractivity contribution < 1.29 is 14.3 Å². The number of thiophene rings is 2. The van der Waals surface area contributed by atoms with Gasteiger partial charge in [-0.2, -0.15) is 0 Å². The lowest BCUT2D eigenvalue weighted by molar-refractivity contribution is 0.0607. The molecule has 0 aliphatic carbocycles. The number of carbonyl (C=O) groups is 2. The molecule has 0 atom stereocenters. The van der Waals surface area contributed by atoms with Crippen LogP contribution in [-0.4, -0.2) is 47.4 Å². The van der Waals surface area contributed by atoms with Gasteiger partial charge in [0.1, 0.15) is 9.71 Å². The molecule has 0 bridgehead atoms. The van der Waals surface area contributed by atoms with Crippen molar-refractivity contribution in [1.29, 1.82) is 0 Å². The van der Waals surface area contributed by atoms with E-state index in [1.165, 1.54) is 29.8 Å². The molecule has 0 aromatic carbocycles. The number of aromatic nitrogens is 2. The molecular weight excluding hydrogens is 456 g/mol. The van der Waals surface area contributed by atoms with Crippen LogP contribution in [0, 0.1) is 6.92 Å². The fourth-order valence-electron chi connectivity index (χ4n) is 3.40. The summed E-state index contributed by atoms with van der Waals surface area (Å²) in [6.45, 7) is 3.45. The highest BCUT2D eigenvalue weighted by Gasteiger charge is 2.23. The summed E-state index contributed by atoms with van der Waals surface area (Å²) < 4.78 is 4.95. The fraction of sp³-hybridized carbons (Fsp3) is 0.250. The summed E-state index contributed by atoms with van der Waals surface area (Å²) in [5, 5.41) is 3.62. The van der Waals surface area contributed by atoms with Gasteiger partial charge in [-0.25, -0.2) is 9.78 Å². The molecule has 9 heteroatoms. The Labute approximate surface area is 200 Å². The topological polar surface area (TPSA) is 84.4 Å². The lowest BCUT2D eigenvalue weighted by Gasteiger charge is -2.15. The number of nitrogens with zero attached hydrogens (tertiary/aromatic N) is 3. The van der Waals surface area contributed by atoms with Crippen molar-refractivity contribution in [2.24, 2.45) is 0 Å². The molecule has 7 nitrogen and oxygen atoms in total. The van der Waals surface area contributed by atoms with E-state index in [0.717, 1.165) is 34.6 Å². The highest BCUT2D eigenvalue weighted by atomic mass is 32.1. The molecule has 0 saturated heterocycles. The first-order valence-corrected chi connectivity index (χ1v) is 12.0. The van der Waals surface area contributed by atoms with Crippen molar-refractivity contribution in [2.45, 2.75) is 19.9 Å². The maximum absolute atomic E-state index is 12.8. The van der Waals surface area contributed by atoms with E-state index in [4.69, 9.17) is 9.72 Å². The number of aryl methyl sites for hydroxylation is 1. The highest BCUT2D eigenvalue weighted by Crippen LogP contribution is 2.36. The largest absolute Gasteiger partial charge is 0.465 e. The molecule has 0 saturated carbocycles. The summed E-state index contributed by atoms with van der Waals surface area (Å²) in [6, 6.07) is 13.4. The van der Waals surface area contributed by atoms with Gasteiger partial charge in [0, 0.05) is 41.7 Å². The normalized spacial score (nSPS) is 11.2. The van der Waals surface area contributed by atoms with E-state index < -0.39 is 5.97 Å². The molecule has 170 valence electrons. The molecule has 0 aliphatic rings. The van der Waals surface area contributed by atoms with Gasteiger partial charge in [0.2, 0.25) is 0 Å². The summed E-state index contributed by atoms with van der Waals surface area (Å²) in [5.41, 5.74) is 2.38. The Balaban J connectivity index is 1.54. The molecule has 0 radical (unpaired) electrons. The van der Waals surface area contributed by atoms with Crippen LogP contribution in [0.1, 0.15) is 35.6 Å². The first-order chi connectivity index (χ1) is 15.9. The van der Waals surface area contributed by atoms with Crippen molar-refractivity contribution in [3.8, 4) is 0 Å². The number of anilines is 1. The predicted octanol–water partition coefficient (Wildman–Crippen LogP) is 4.77. The maximum Gasteiger partial charge on any atom is 0.350 e. The van der Waals surface area contributed by atoms with Crippen molar-refractivity contribution in [3.05, 3.63) is 74.7 Å². The third kappa shape index (κ3) is 5.44. The Morgan fingerprint density at radius 1 is 1.09 bits per heavy atom. The summed E-state index contributed by atoms with van der Waals surface area (Å²) in [7, 11) is 3.37. The molecule has 0 spiro atoms. The summed E-state index contributed by atoms with van der Waals surface area (Å²) in [5.74, 6) is -0.749. The van der Waals surface area contributed by atoms with Crippen LogP contribution in [0.4, 0.5) is 5.69 Å². The molecule has 1 N–H and O–H groups in total. The van der Waals surface area contributed by atoms with Gasteiger partial charge < -0.3 is 15.0 Å². The lowest BCUT2D eigenvalue weighted by atomic mass is 10.2. The predicted molar refractivity (Wildman–Crippen MR) is 132 cm³/mol. The van der Waals surface area contributed by atoms with Crippen molar-refractivity contribution in [1.82, 2.24) is 14.9 Å². The van der Waals surface area contributed by atoms with Gasteiger partial charge in [0.15, 0.2) is 0 Å². The van der Waals surface area contributed by atoms with Crippen LogP contribution >= 0.6 is 22.7 Å². The van der Waals surface area contributed by atoms with E-state index in [1.807, 2.05) is 50.4 Å². The standard InChI is InChI=1S/C24H24N4O3S2/c1-15-7-10-19(32-15)22(29)27-20-18-9-8-17(26-23(18)33-21(20)24(30)31-3)14-28(2)13-11-16-6-4-5-12-25-16/h4-10,12H,11,13-14H2,1-3H3,(H,27,29). The van der Waals surface area contributed by atoms with Gasteiger partial charge in [-0.05, 0) is 50.4 Å². The van der Waals surface area contributed by atoms with E-state index in [1.54, 1.807) is 12.3 Å². The van der Waals surface area contributed by atoms with Gasteiger partial charge in [-0.1, -0.05) is 6.07 Å². The van der Waals surface area contributed by atoms with Gasteiger partial charge in [0.25, 0.3) is 5.91 Å². The van der Waals surface area contributed by atoms with Crippen LogP contribution in [-0.2, 0) is 17.7 Å². The molecule has 0 aliphatic heterocycles. The Morgan fingerprint density at radius 3 is 2.64 bits per heavy atom. The number of nitrogens with one attached hydrogen (secondary N) is 1. The third-order valence-corrected chi connectivity index (χ3v) is 7.17. The highest BCUT2D eigenvalue weighted by molar-refractivity contribution is 7.21. The van der Waals surface area contributed by atoms with Crippen LogP contribution in [0.15, 0.2) is 48.7 Å². The van der Waals surface area contributed by atoms with Gasteiger partial charge in [0.05, 0.1) is 23.4 Å². The SMILES string of the molecule is COC(=O)c1sc2nc(CN(C)CCc3ccccn3)ccc2c1NC(=O)c1ccc(C)s1. The summed E-state index contributed by atoms with van der Waals surface area (Å²) >= 11 is 2.63. The van der Waals surface area contributed by atoms with Gasteiger partial charge in [-0.3, -0.25) is 9.78 Å². The number of rotatable bonds is 8. The number of ether oxygens (including phenoxy) is 1. The minimum atomic E-state index is -0.496. The zero-order chi connectivity index (χ0) is 23.4. The molecule has 4 rings (SSSR count). The molecule has 33 heavy (non-hydrogen) atoms. The van der Waals surface area contributed by atoms with Gasteiger partial charge >= 0.3 is 5.97 Å². The van der Waals surface area contributed by atoms with Crippen LogP contribution in [0.5, 0.6) is 0 Å². The van der Waals surface area contributed by atoms with Crippen LogP contribution < -0.4 is 5.32 Å². The van der Waals surface area contributed by atoms with E-state index >= 15 is 0 Å². The number of carbonyl (C=O) groups excluding carboxylic acids is 2.